The summed E-state index contributed by atoms with van der Waals surface area (Å²) in [6.07, 6.45) is 1.25. The lowest BCUT2D eigenvalue weighted by atomic mass is 9.91. The fourth-order valence-corrected chi connectivity index (χ4v) is 3.40. The molecule has 1 heterocycles. The van der Waals surface area contributed by atoms with E-state index >= 15 is 0 Å². The molecule has 0 spiro atoms. The Balaban J connectivity index is 2.51. The third-order valence-corrected chi connectivity index (χ3v) is 4.75. The lowest BCUT2D eigenvalue weighted by Crippen LogP contribution is -2.31. The number of nitro benzene ring substituents is 1. The first-order chi connectivity index (χ1) is 8.98. The Hall–Kier alpha value is -1.63. The number of aliphatic imine (C=N–C) groups is 1. The molecule has 0 bridgehead atoms. The van der Waals surface area contributed by atoms with Crippen LogP contribution < -0.4 is 5.73 Å². The fourth-order valence-electron chi connectivity index (χ4n) is 2.24. The number of hydrogen-bond acceptors (Lipinski definition) is 5. The van der Waals surface area contributed by atoms with Crippen LogP contribution in [0.2, 0.25) is 0 Å². The summed E-state index contributed by atoms with van der Waals surface area (Å²) in [7, 11) is 0. The third kappa shape index (κ3) is 2.56. The molecule has 0 aromatic heterocycles. The van der Waals surface area contributed by atoms with Gasteiger partial charge in [-0.25, -0.2) is 4.39 Å². The van der Waals surface area contributed by atoms with Crippen LogP contribution in [-0.2, 0) is 4.75 Å². The van der Waals surface area contributed by atoms with Gasteiger partial charge in [-0.15, -0.1) is 0 Å². The molecule has 102 valence electrons. The van der Waals surface area contributed by atoms with Gasteiger partial charge in [-0.05, 0) is 18.9 Å². The fraction of sp³-hybridized carbons (Fsp3) is 0.417. The molecular weight excluding hydrogens is 269 g/mol. The van der Waals surface area contributed by atoms with Crippen LogP contribution in [0.15, 0.2) is 23.2 Å². The first-order valence-corrected chi connectivity index (χ1v) is 6.73. The second-order valence-corrected chi connectivity index (χ2v) is 5.74. The van der Waals surface area contributed by atoms with Gasteiger partial charge in [0.05, 0.1) is 9.67 Å². The predicted octanol–water partition coefficient (Wildman–Crippen LogP) is 2.79. The van der Waals surface area contributed by atoms with Gasteiger partial charge in [0.2, 0.25) is 0 Å². The van der Waals surface area contributed by atoms with Crippen molar-refractivity contribution in [2.45, 2.75) is 24.5 Å². The van der Waals surface area contributed by atoms with Gasteiger partial charge in [-0.3, -0.25) is 15.1 Å². The maximum atomic E-state index is 14.1. The lowest BCUT2D eigenvalue weighted by molar-refractivity contribution is -0.385. The van der Waals surface area contributed by atoms with Crippen molar-refractivity contribution in [3.63, 3.8) is 0 Å². The van der Waals surface area contributed by atoms with E-state index in [-0.39, 0.29) is 5.69 Å². The number of thioether (sulfide) groups is 1. The van der Waals surface area contributed by atoms with Crippen molar-refractivity contribution < 1.29 is 9.31 Å². The van der Waals surface area contributed by atoms with E-state index in [1.54, 1.807) is 0 Å². The van der Waals surface area contributed by atoms with Crippen molar-refractivity contribution in [1.82, 2.24) is 0 Å². The first-order valence-electron chi connectivity index (χ1n) is 5.92. The number of nitrogens with zero attached hydrogens (tertiary/aromatic N) is 2. The van der Waals surface area contributed by atoms with Crippen LogP contribution in [0, 0.1) is 15.9 Å². The van der Waals surface area contributed by atoms with E-state index in [0.29, 0.717) is 30.1 Å². The molecule has 1 atom stereocenters. The molecule has 0 fully saturated rings. The Labute approximate surface area is 114 Å². The number of rotatable bonds is 3. The van der Waals surface area contributed by atoms with Gasteiger partial charge in [0.25, 0.3) is 5.69 Å². The van der Waals surface area contributed by atoms with Gasteiger partial charge in [0.15, 0.2) is 5.17 Å². The highest BCUT2D eigenvalue weighted by atomic mass is 32.2. The molecule has 2 N–H and O–H groups in total. The van der Waals surface area contributed by atoms with Crippen LogP contribution >= 0.6 is 11.8 Å². The summed E-state index contributed by atoms with van der Waals surface area (Å²) in [5.41, 5.74) is 5.96. The summed E-state index contributed by atoms with van der Waals surface area (Å²) >= 11 is 1.29. The Morgan fingerprint density at radius 3 is 2.95 bits per heavy atom. The summed E-state index contributed by atoms with van der Waals surface area (Å²) in [5.74, 6) is -0.436. The van der Waals surface area contributed by atoms with Gasteiger partial charge in [0, 0.05) is 24.2 Å². The highest BCUT2D eigenvalue weighted by Gasteiger charge is 2.37. The number of benzene rings is 1. The molecule has 19 heavy (non-hydrogen) atoms. The largest absolute Gasteiger partial charge is 0.379 e. The van der Waals surface area contributed by atoms with Crippen LogP contribution in [0.5, 0.6) is 0 Å². The maximum absolute atomic E-state index is 14.1. The zero-order valence-corrected chi connectivity index (χ0v) is 11.2. The summed E-state index contributed by atoms with van der Waals surface area (Å²) in [5, 5.41) is 11.2. The highest BCUT2D eigenvalue weighted by Crippen LogP contribution is 2.46. The number of amidine groups is 1. The second-order valence-electron chi connectivity index (χ2n) is 4.34. The maximum Gasteiger partial charge on any atom is 0.269 e. The van der Waals surface area contributed by atoms with E-state index in [2.05, 4.69) is 4.99 Å². The topological polar surface area (TPSA) is 81.5 Å². The summed E-state index contributed by atoms with van der Waals surface area (Å²) in [4.78, 5) is 14.4. The Bertz CT molecular complexity index is 550. The van der Waals surface area contributed by atoms with Crippen molar-refractivity contribution in [2.75, 3.05) is 6.54 Å². The van der Waals surface area contributed by atoms with Crippen molar-refractivity contribution in [2.24, 2.45) is 10.7 Å². The monoisotopic (exact) mass is 283 g/mol. The molecule has 0 saturated heterocycles. The molecule has 1 aromatic rings. The number of non-ortho nitro benzene ring substituents is 1. The number of halogens is 1. The van der Waals surface area contributed by atoms with Crippen molar-refractivity contribution >= 4 is 22.6 Å². The van der Waals surface area contributed by atoms with Crippen LogP contribution in [0.3, 0.4) is 0 Å². The summed E-state index contributed by atoms with van der Waals surface area (Å²) in [6, 6.07) is 3.63. The third-order valence-electron chi connectivity index (χ3n) is 3.31. The minimum absolute atomic E-state index is 0.106. The first kappa shape index (κ1) is 13.8. The smallest absolute Gasteiger partial charge is 0.269 e. The van der Waals surface area contributed by atoms with E-state index in [9.17, 15) is 14.5 Å². The quantitative estimate of drug-likeness (QED) is 0.683. The molecule has 0 radical (unpaired) electrons. The van der Waals surface area contributed by atoms with E-state index in [1.165, 1.54) is 23.9 Å². The Morgan fingerprint density at radius 1 is 1.63 bits per heavy atom. The molecule has 7 heteroatoms. The molecule has 1 aliphatic heterocycles. The van der Waals surface area contributed by atoms with Crippen LogP contribution in [-0.4, -0.2) is 16.6 Å². The molecule has 0 amide bonds. The number of hydrogen-bond donors (Lipinski definition) is 1. The Kier molecular flexibility index (Phi) is 3.75. The molecule has 0 aliphatic carbocycles. The number of nitro groups is 1. The molecule has 2 rings (SSSR count). The van der Waals surface area contributed by atoms with Crippen LogP contribution in [0.4, 0.5) is 10.1 Å². The second kappa shape index (κ2) is 5.16. The molecule has 1 aliphatic rings. The van der Waals surface area contributed by atoms with Gasteiger partial charge in [-0.1, -0.05) is 18.7 Å². The minimum atomic E-state index is -0.568. The van der Waals surface area contributed by atoms with Crippen LogP contribution in [0.25, 0.3) is 0 Å². The standard InChI is InChI=1S/C12H14FN3O2S/c1-2-12(5-6-15-11(14)19-12)9-7-8(16(17)18)3-4-10(9)13/h3-4,7H,2,5-6H2,1H3,(H2,14,15)/t12-/m0/s1. The van der Waals surface area contributed by atoms with Crippen molar-refractivity contribution in [3.8, 4) is 0 Å². The van der Waals surface area contributed by atoms with E-state index in [1.807, 2.05) is 6.92 Å². The molecular formula is C12H14FN3O2S. The van der Waals surface area contributed by atoms with E-state index < -0.39 is 15.5 Å². The predicted molar refractivity (Wildman–Crippen MR) is 73.7 cm³/mol. The van der Waals surface area contributed by atoms with Gasteiger partial charge in [0.1, 0.15) is 5.82 Å². The SMILES string of the molecule is CC[C@@]1(c2cc([N+](=O)[O-])ccc2F)CCN=C(N)S1. The van der Waals surface area contributed by atoms with Crippen molar-refractivity contribution in [1.29, 1.82) is 0 Å². The van der Waals surface area contributed by atoms with Gasteiger partial charge >= 0.3 is 0 Å². The summed E-state index contributed by atoms with van der Waals surface area (Å²) in [6.45, 7) is 2.43. The van der Waals surface area contributed by atoms with Crippen LogP contribution in [0.1, 0.15) is 25.3 Å². The normalized spacial score (nSPS) is 22.9. The van der Waals surface area contributed by atoms with Gasteiger partial charge in [-0.2, -0.15) is 0 Å². The molecule has 0 unspecified atom stereocenters. The zero-order chi connectivity index (χ0) is 14.0. The van der Waals surface area contributed by atoms with Crippen molar-refractivity contribution in [3.05, 3.63) is 39.7 Å². The number of nitrogens with two attached hydrogens (primary N) is 1. The molecule has 1 aromatic carbocycles. The van der Waals surface area contributed by atoms with E-state index in [4.69, 9.17) is 5.73 Å². The molecule has 0 saturated carbocycles. The Morgan fingerprint density at radius 2 is 2.37 bits per heavy atom. The zero-order valence-electron chi connectivity index (χ0n) is 10.4. The average Bonchev–Trinajstić information content (AvgIpc) is 2.38. The molecule has 5 nitrogen and oxygen atoms in total. The highest BCUT2D eigenvalue weighted by molar-refractivity contribution is 8.14. The lowest BCUT2D eigenvalue weighted by Gasteiger charge is -2.34. The average molecular weight is 283 g/mol. The van der Waals surface area contributed by atoms with Gasteiger partial charge < -0.3 is 5.73 Å². The minimum Gasteiger partial charge on any atom is -0.379 e. The van der Waals surface area contributed by atoms with E-state index in [0.717, 1.165) is 6.07 Å². The summed E-state index contributed by atoms with van der Waals surface area (Å²) < 4.78 is 13.5.